The van der Waals surface area contributed by atoms with E-state index in [1.54, 1.807) is 19.1 Å². The highest BCUT2D eigenvalue weighted by atomic mass is 19.4. The molecule has 3 amide bonds. The van der Waals surface area contributed by atoms with Gasteiger partial charge in [0.15, 0.2) is 5.82 Å². The molecule has 0 aliphatic carbocycles. The highest BCUT2D eigenvalue weighted by Gasteiger charge is 2.35. The van der Waals surface area contributed by atoms with Crippen LogP contribution in [0.15, 0.2) is 70.7 Å². The predicted octanol–water partition coefficient (Wildman–Crippen LogP) is 6.61. The minimum atomic E-state index is -4.81. The summed E-state index contributed by atoms with van der Waals surface area (Å²) in [6.45, 7) is 5.65. The summed E-state index contributed by atoms with van der Waals surface area (Å²) in [6, 6.07) is 10.6. The molecule has 0 unspecified atom stereocenters. The molecule has 3 N–H and O–H groups in total. The average Bonchev–Trinajstić information content (AvgIpc) is 3.23. The summed E-state index contributed by atoms with van der Waals surface area (Å²) < 4.78 is 47.0. The number of nitrogens with zero attached hydrogens (tertiary/aromatic N) is 4. The fraction of sp³-hybridized carbons (Fsp3) is 0.200. The van der Waals surface area contributed by atoms with E-state index in [2.05, 4.69) is 36.1 Å². The number of azo groups is 1. The van der Waals surface area contributed by atoms with Crippen LogP contribution in [0.25, 0.3) is 0 Å². The molecular weight excluding hydrogens is 503 g/mol. The maximum atomic E-state index is 13.9. The monoisotopic (exact) mass is 525 g/mol. The van der Waals surface area contributed by atoms with E-state index in [4.69, 9.17) is 4.74 Å². The van der Waals surface area contributed by atoms with Crippen LogP contribution in [0.5, 0.6) is 11.8 Å². The van der Waals surface area contributed by atoms with Gasteiger partial charge >= 0.3 is 18.2 Å². The number of benzene rings is 2. The Bertz CT molecular complexity index is 1440. The Labute approximate surface area is 215 Å². The number of anilines is 3. The first-order valence-corrected chi connectivity index (χ1v) is 11.3. The quantitative estimate of drug-likeness (QED) is 0.318. The fourth-order valence-corrected chi connectivity index (χ4v) is 3.38. The molecule has 3 aromatic rings. The molecule has 0 saturated carbocycles. The van der Waals surface area contributed by atoms with Crippen molar-refractivity contribution >= 4 is 29.1 Å². The summed E-state index contributed by atoms with van der Waals surface area (Å²) in [5, 5.41) is 14.6. The molecule has 1 aromatic heterocycles. The number of amides is 3. The van der Waals surface area contributed by atoms with Crippen LogP contribution in [0, 0.1) is 6.92 Å². The third-order valence-corrected chi connectivity index (χ3v) is 5.19. The van der Waals surface area contributed by atoms with Gasteiger partial charge in [-0.3, -0.25) is 4.79 Å². The van der Waals surface area contributed by atoms with Crippen molar-refractivity contribution in [3.63, 3.8) is 0 Å². The number of aryl methyl sites for hydroxylation is 1. The lowest BCUT2D eigenvalue weighted by Crippen LogP contribution is -2.20. The first-order valence-electron chi connectivity index (χ1n) is 11.3. The summed E-state index contributed by atoms with van der Waals surface area (Å²) in [5.74, 6) is -0.568. The van der Waals surface area contributed by atoms with Gasteiger partial charge in [0.05, 0.1) is 6.08 Å². The second kappa shape index (κ2) is 10.7. The maximum absolute atomic E-state index is 13.9. The molecule has 0 atom stereocenters. The molecule has 0 spiro atoms. The van der Waals surface area contributed by atoms with Crippen LogP contribution in [-0.2, 0) is 11.0 Å². The van der Waals surface area contributed by atoms with Crippen LogP contribution in [0.1, 0.15) is 36.6 Å². The minimum Gasteiger partial charge on any atom is -0.424 e. The number of carbonyl (C=O) groups excluding carboxylic acids is 2. The Morgan fingerprint density at radius 3 is 2.26 bits per heavy atom. The van der Waals surface area contributed by atoms with Crippen LogP contribution < -0.4 is 20.7 Å². The number of alkyl halides is 3. The highest BCUT2D eigenvalue weighted by Crippen LogP contribution is 2.39. The largest absolute Gasteiger partial charge is 0.424 e. The van der Waals surface area contributed by atoms with Gasteiger partial charge in [0.25, 0.3) is 5.91 Å². The molecular formula is C25H22F3N7O3. The van der Waals surface area contributed by atoms with Crippen molar-refractivity contribution in [1.29, 1.82) is 0 Å². The number of carbonyl (C=O) groups is 2. The number of aromatic nitrogens is 2. The zero-order valence-electron chi connectivity index (χ0n) is 20.4. The van der Waals surface area contributed by atoms with Crippen LogP contribution >= 0.6 is 0 Å². The van der Waals surface area contributed by atoms with Gasteiger partial charge in [-0.25, -0.2) is 9.78 Å². The Morgan fingerprint density at radius 1 is 0.947 bits per heavy atom. The highest BCUT2D eigenvalue weighted by molar-refractivity contribution is 5.99. The number of halogens is 3. The van der Waals surface area contributed by atoms with Crippen molar-refractivity contribution < 1.29 is 27.5 Å². The lowest BCUT2D eigenvalue weighted by molar-refractivity contribution is -0.138. The van der Waals surface area contributed by atoms with E-state index < -0.39 is 29.4 Å². The molecule has 2 aromatic carbocycles. The Morgan fingerprint density at radius 2 is 1.63 bits per heavy atom. The first-order chi connectivity index (χ1) is 18.0. The summed E-state index contributed by atoms with van der Waals surface area (Å²) in [7, 11) is 0. The molecule has 0 radical (unpaired) electrons. The lowest BCUT2D eigenvalue weighted by Gasteiger charge is -2.16. The normalized spacial score (nSPS) is 12.9. The van der Waals surface area contributed by atoms with Gasteiger partial charge in [-0.2, -0.15) is 18.2 Å². The van der Waals surface area contributed by atoms with Gasteiger partial charge in [0.1, 0.15) is 17.1 Å². The van der Waals surface area contributed by atoms with E-state index in [0.717, 1.165) is 23.8 Å². The summed E-state index contributed by atoms with van der Waals surface area (Å²) in [4.78, 5) is 31.6. The molecule has 38 heavy (non-hydrogen) atoms. The van der Waals surface area contributed by atoms with Gasteiger partial charge in [0, 0.05) is 23.1 Å². The number of hydrogen-bond donors (Lipinski definition) is 3. The van der Waals surface area contributed by atoms with Crippen molar-refractivity contribution in [3.8, 4) is 11.8 Å². The van der Waals surface area contributed by atoms with E-state index in [0.29, 0.717) is 17.3 Å². The number of nitrogens with one attached hydrogen (secondary N) is 3. The van der Waals surface area contributed by atoms with E-state index in [-0.39, 0.29) is 23.3 Å². The first kappa shape index (κ1) is 26.3. The molecule has 2 heterocycles. The molecule has 0 saturated heterocycles. The molecule has 196 valence electrons. The average molecular weight is 525 g/mol. The number of hydrogen-bond acceptors (Lipinski definition) is 7. The van der Waals surface area contributed by atoms with Crippen LogP contribution in [0.4, 0.5) is 35.2 Å². The second-order valence-corrected chi connectivity index (χ2v) is 8.54. The van der Waals surface area contributed by atoms with Gasteiger partial charge < -0.3 is 20.7 Å². The topological polar surface area (TPSA) is 130 Å². The summed E-state index contributed by atoms with van der Waals surface area (Å²) in [5.41, 5.74) is 0.705. The van der Waals surface area contributed by atoms with Gasteiger partial charge in [-0.05, 0) is 48.7 Å². The molecule has 0 fully saturated rings. The Balaban J connectivity index is 1.51. The van der Waals surface area contributed by atoms with E-state index in [9.17, 15) is 22.8 Å². The van der Waals surface area contributed by atoms with Crippen LogP contribution in [0.2, 0.25) is 0 Å². The standard InChI is InChI=1S/C25H22F3N7O3/c1-13(2)15-4-6-16(7-5-15)30-23(37)31-17-8-9-19(18(11-17)25(26,27)28)38-24-29-14(3)10-20(33-24)32-21-12-22(36)35-34-21/h4-13H,1-3H3,(H,29,32,33)(H2,30,31,37). The van der Waals surface area contributed by atoms with E-state index in [1.807, 2.05) is 26.0 Å². The van der Waals surface area contributed by atoms with Crippen molar-refractivity contribution in [2.45, 2.75) is 32.9 Å². The van der Waals surface area contributed by atoms with Crippen molar-refractivity contribution in [1.82, 2.24) is 9.97 Å². The minimum absolute atomic E-state index is 0.100. The van der Waals surface area contributed by atoms with Crippen molar-refractivity contribution in [2.75, 3.05) is 16.0 Å². The molecule has 4 rings (SSSR count). The number of rotatable bonds is 7. The Hall–Kier alpha value is -4.81. The molecule has 1 aliphatic rings. The number of ether oxygens (including phenoxy) is 1. The molecule has 13 heteroatoms. The number of urea groups is 1. The summed E-state index contributed by atoms with van der Waals surface area (Å²) in [6.07, 6.45) is -3.68. The van der Waals surface area contributed by atoms with Crippen molar-refractivity contribution in [2.24, 2.45) is 10.2 Å². The van der Waals surface area contributed by atoms with Gasteiger partial charge in [-0.15, -0.1) is 10.2 Å². The van der Waals surface area contributed by atoms with Crippen molar-refractivity contribution in [3.05, 3.63) is 77.2 Å². The molecule has 10 nitrogen and oxygen atoms in total. The SMILES string of the molecule is Cc1cc(NC2=CC(=O)N=N2)nc(Oc2ccc(NC(=O)Nc3ccc(C(C)C)cc3)cc2C(F)(F)F)n1. The van der Waals surface area contributed by atoms with Gasteiger partial charge in [0.2, 0.25) is 0 Å². The van der Waals surface area contributed by atoms with E-state index >= 15 is 0 Å². The zero-order chi connectivity index (χ0) is 27.4. The predicted molar refractivity (Wildman–Crippen MR) is 133 cm³/mol. The second-order valence-electron chi connectivity index (χ2n) is 8.54. The maximum Gasteiger partial charge on any atom is 0.420 e. The lowest BCUT2D eigenvalue weighted by atomic mass is 10.0. The molecule has 1 aliphatic heterocycles. The van der Waals surface area contributed by atoms with E-state index in [1.165, 1.54) is 12.1 Å². The van der Waals surface area contributed by atoms with Crippen LogP contribution in [-0.4, -0.2) is 21.9 Å². The smallest absolute Gasteiger partial charge is 0.420 e. The fourth-order valence-electron chi connectivity index (χ4n) is 3.38. The third-order valence-electron chi connectivity index (χ3n) is 5.19. The van der Waals surface area contributed by atoms with Crippen LogP contribution in [0.3, 0.4) is 0 Å². The van der Waals surface area contributed by atoms with Gasteiger partial charge in [-0.1, -0.05) is 26.0 Å². The summed E-state index contributed by atoms with van der Waals surface area (Å²) >= 11 is 0. The Kier molecular flexibility index (Phi) is 7.37. The molecule has 0 bridgehead atoms. The zero-order valence-corrected chi connectivity index (χ0v) is 20.4. The third kappa shape index (κ3) is 6.69.